The van der Waals surface area contributed by atoms with Gasteiger partial charge < -0.3 is 10.6 Å². The van der Waals surface area contributed by atoms with Crippen LogP contribution >= 0.6 is 0 Å². The number of hydrogen-bond acceptors (Lipinski definition) is 2. The predicted molar refractivity (Wildman–Crippen MR) is 42.3 cm³/mol. The maximum absolute atomic E-state index is 11.3. The first-order chi connectivity index (χ1) is 5.77. The number of nitrogens with one attached hydrogen (secondary N) is 2. The van der Waals surface area contributed by atoms with Crippen LogP contribution in [0.1, 0.15) is 19.3 Å². The zero-order chi connectivity index (χ0) is 8.55. The van der Waals surface area contributed by atoms with Gasteiger partial charge in [0, 0.05) is 6.04 Å². The highest BCUT2D eigenvalue weighted by molar-refractivity contribution is 5.89. The van der Waals surface area contributed by atoms with Crippen LogP contribution < -0.4 is 10.6 Å². The Morgan fingerprint density at radius 3 is 2.92 bits per heavy atom. The van der Waals surface area contributed by atoms with Gasteiger partial charge in [-0.05, 0) is 12.8 Å². The van der Waals surface area contributed by atoms with Gasteiger partial charge in [0.1, 0.15) is 0 Å². The average molecular weight is 168 g/mol. The lowest BCUT2D eigenvalue weighted by Crippen LogP contribution is -2.37. The quantitative estimate of drug-likeness (QED) is 0.507. The fourth-order valence-electron chi connectivity index (χ4n) is 2.00. The van der Waals surface area contributed by atoms with E-state index >= 15 is 0 Å². The lowest BCUT2D eigenvalue weighted by atomic mass is 10.0. The lowest BCUT2D eigenvalue weighted by molar-refractivity contribution is -0.125. The van der Waals surface area contributed by atoms with Gasteiger partial charge in [-0.2, -0.15) is 0 Å². The molecule has 0 bridgehead atoms. The molecule has 4 nitrogen and oxygen atoms in total. The van der Waals surface area contributed by atoms with Crippen LogP contribution in [0.25, 0.3) is 0 Å². The lowest BCUT2D eigenvalue weighted by Gasteiger charge is -2.14. The summed E-state index contributed by atoms with van der Waals surface area (Å²) in [6.45, 7) is 0.145. The third kappa shape index (κ3) is 1.17. The molecule has 0 aromatic heterocycles. The van der Waals surface area contributed by atoms with Crippen molar-refractivity contribution >= 4 is 11.8 Å². The van der Waals surface area contributed by atoms with Crippen molar-refractivity contribution in [3.8, 4) is 0 Å². The van der Waals surface area contributed by atoms with Crippen molar-refractivity contribution < 1.29 is 9.59 Å². The summed E-state index contributed by atoms with van der Waals surface area (Å²) in [5.74, 6) is 0.00468. The molecule has 0 aromatic rings. The molecule has 2 aliphatic rings. The van der Waals surface area contributed by atoms with Crippen molar-refractivity contribution in [1.29, 1.82) is 0 Å². The molecule has 1 saturated heterocycles. The zero-order valence-electron chi connectivity index (χ0n) is 6.80. The van der Waals surface area contributed by atoms with Crippen LogP contribution in [0.4, 0.5) is 0 Å². The normalized spacial score (nSPS) is 35.0. The summed E-state index contributed by atoms with van der Waals surface area (Å²) >= 11 is 0. The summed E-state index contributed by atoms with van der Waals surface area (Å²) in [6, 6.07) is 0.0972. The molecule has 2 N–H and O–H groups in total. The smallest absolute Gasteiger partial charge is 0.239 e. The molecular formula is C8H12N2O2. The van der Waals surface area contributed by atoms with Crippen LogP contribution in [-0.4, -0.2) is 24.4 Å². The summed E-state index contributed by atoms with van der Waals surface area (Å²) in [4.78, 5) is 22.4. The summed E-state index contributed by atoms with van der Waals surface area (Å²) < 4.78 is 0. The van der Waals surface area contributed by atoms with E-state index in [9.17, 15) is 9.59 Å². The molecule has 1 aliphatic heterocycles. The fourth-order valence-corrected chi connectivity index (χ4v) is 2.00. The van der Waals surface area contributed by atoms with E-state index < -0.39 is 0 Å². The second-order valence-electron chi connectivity index (χ2n) is 3.43. The van der Waals surface area contributed by atoms with Gasteiger partial charge in [-0.1, -0.05) is 6.42 Å². The minimum atomic E-state index is -0.0576. The molecule has 1 heterocycles. The van der Waals surface area contributed by atoms with Crippen molar-refractivity contribution in [3.05, 3.63) is 0 Å². The van der Waals surface area contributed by atoms with Crippen molar-refractivity contribution in [3.63, 3.8) is 0 Å². The Morgan fingerprint density at radius 2 is 2.08 bits per heavy atom. The zero-order valence-corrected chi connectivity index (χ0v) is 6.80. The average Bonchev–Trinajstić information content (AvgIpc) is 2.44. The Kier molecular flexibility index (Phi) is 1.75. The van der Waals surface area contributed by atoms with E-state index in [1.54, 1.807) is 0 Å². The van der Waals surface area contributed by atoms with Crippen molar-refractivity contribution in [2.24, 2.45) is 5.92 Å². The molecule has 1 saturated carbocycles. The first-order valence-electron chi connectivity index (χ1n) is 4.34. The Labute approximate surface area is 70.7 Å². The molecule has 2 amide bonds. The van der Waals surface area contributed by atoms with Crippen molar-refractivity contribution in [1.82, 2.24) is 10.6 Å². The maximum atomic E-state index is 11.3. The van der Waals surface area contributed by atoms with Crippen LogP contribution in [0.15, 0.2) is 0 Å². The Morgan fingerprint density at radius 1 is 1.25 bits per heavy atom. The third-order valence-corrected chi connectivity index (χ3v) is 2.62. The molecule has 0 radical (unpaired) electrons. The van der Waals surface area contributed by atoms with E-state index in [0.29, 0.717) is 0 Å². The number of carbonyl (C=O) groups excluding carboxylic acids is 2. The molecule has 0 aromatic carbocycles. The summed E-state index contributed by atoms with van der Waals surface area (Å²) in [5.41, 5.74) is 0. The topological polar surface area (TPSA) is 58.2 Å². The van der Waals surface area contributed by atoms with E-state index in [1.807, 2.05) is 0 Å². The van der Waals surface area contributed by atoms with E-state index in [2.05, 4.69) is 10.6 Å². The molecule has 4 heteroatoms. The summed E-state index contributed by atoms with van der Waals surface area (Å²) in [6.07, 6.45) is 2.91. The third-order valence-electron chi connectivity index (χ3n) is 2.62. The van der Waals surface area contributed by atoms with E-state index in [4.69, 9.17) is 0 Å². The van der Waals surface area contributed by atoms with Gasteiger partial charge in [-0.3, -0.25) is 9.59 Å². The largest absolute Gasteiger partial charge is 0.351 e. The van der Waals surface area contributed by atoms with Gasteiger partial charge in [0.15, 0.2) is 0 Å². The van der Waals surface area contributed by atoms with Gasteiger partial charge in [0.2, 0.25) is 11.8 Å². The number of carbonyl (C=O) groups is 2. The Bertz CT molecular complexity index is 227. The van der Waals surface area contributed by atoms with Crippen molar-refractivity contribution in [2.75, 3.05) is 6.54 Å². The molecule has 2 rings (SSSR count). The maximum Gasteiger partial charge on any atom is 0.239 e. The first-order valence-corrected chi connectivity index (χ1v) is 4.34. The van der Waals surface area contributed by atoms with Gasteiger partial charge >= 0.3 is 0 Å². The molecule has 0 spiro atoms. The highest BCUT2D eigenvalue weighted by Crippen LogP contribution is 2.26. The number of rotatable bonds is 0. The van der Waals surface area contributed by atoms with E-state index in [-0.39, 0.29) is 30.3 Å². The molecule has 12 heavy (non-hydrogen) atoms. The van der Waals surface area contributed by atoms with Gasteiger partial charge in [-0.15, -0.1) is 0 Å². The highest BCUT2D eigenvalue weighted by Gasteiger charge is 2.35. The predicted octanol–water partition coefficient (Wildman–Crippen LogP) is -0.599. The number of fused-ring (bicyclic) bond motifs is 1. The van der Waals surface area contributed by atoms with Crippen LogP contribution in [0, 0.1) is 5.92 Å². The summed E-state index contributed by atoms with van der Waals surface area (Å²) in [7, 11) is 0. The number of amides is 2. The van der Waals surface area contributed by atoms with Crippen LogP contribution in [0.5, 0.6) is 0 Å². The van der Waals surface area contributed by atoms with E-state index in [0.717, 1.165) is 19.3 Å². The minimum Gasteiger partial charge on any atom is -0.351 e. The second kappa shape index (κ2) is 2.77. The molecule has 1 aliphatic carbocycles. The standard InChI is InChI=1S/C8H12N2O2/c11-7-4-9-8(12)5-2-1-3-6(5)10-7/h5-6H,1-4H2,(H,9,12)(H,10,11)/t5-,6+/m0/s1. The van der Waals surface area contributed by atoms with Crippen LogP contribution in [0.2, 0.25) is 0 Å². The van der Waals surface area contributed by atoms with Gasteiger partial charge in [0.05, 0.1) is 12.5 Å². The Balaban J connectivity index is 2.15. The summed E-state index contributed by atoms with van der Waals surface area (Å²) in [5, 5.41) is 5.46. The molecule has 2 fully saturated rings. The molecule has 2 atom stereocenters. The monoisotopic (exact) mass is 168 g/mol. The van der Waals surface area contributed by atoms with Crippen LogP contribution in [-0.2, 0) is 9.59 Å². The van der Waals surface area contributed by atoms with Crippen molar-refractivity contribution in [2.45, 2.75) is 25.3 Å². The fraction of sp³-hybridized carbons (Fsp3) is 0.750. The minimum absolute atomic E-state index is 0.0245. The number of hydrogen-bond donors (Lipinski definition) is 2. The molecule has 0 unspecified atom stereocenters. The SMILES string of the molecule is O=C1CNC(=O)[C@H]2CCC[C@H]2N1. The molecular weight excluding hydrogens is 156 g/mol. The van der Waals surface area contributed by atoms with Gasteiger partial charge in [0.25, 0.3) is 0 Å². The van der Waals surface area contributed by atoms with Crippen LogP contribution in [0.3, 0.4) is 0 Å². The second-order valence-corrected chi connectivity index (χ2v) is 3.43. The highest BCUT2D eigenvalue weighted by atomic mass is 16.2. The Hall–Kier alpha value is -1.06. The van der Waals surface area contributed by atoms with Gasteiger partial charge in [-0.25, -0.2) is 0 Å². The first kappa shape index (κ1) is 7.58. The van der Waals surface area contributed by atoms with E-state index in [1.165, 1.54) is 0 Å². The molecule has 66 valence electrons.